The molecular weight excluding hydrogens is 212 g/mol. The second-order valence-electron chi connectivity index (χ2n) is 4.30. The molecule has 3 heteroatoms. The maximum absolute atomic E-state index is 5.99. The summed E-state index contributed by atoms with van der Waals surface area (Å²) in [6.07, 6.45) is 1.83. The van der Waals surface area contributed by atoms with Gasteiger partial charge in [-0.2, -0.15) is 0 Å². The lowest BCUT2D eigenvalue weighted by Crippen LogP contribution is -1.99. The second-order valence-corrected chi connectivity index (χ2v) is 4.30. The van der Waals surface area contributed by atoms with E-state index < -0.39 is 0 Å². The third kappa shape index (κ3) is 1.69. The van der Waals surface area contributed by atoms with Gasteiger partial charge in [-0.25, -0.2) is 0 Å². The van der Waals surface area contributed by atoms with Crippen LogP contribution in [0, 0.1) is 0 Å². The maximum atomic E-state index is 5.99. The van der Waals surface area contributed by atoms with E-state index in [1.165, 1.54) is 5.56 Å². The highest BCUT2D eigenvalue weighted by molar-refractivity contribution is 5.65. The summed E-state index contributed by atoms with van der Waals surface area (Å²) >= 11 is 0. The van der Waals surface area contributed by atoms with E-state index in [1.807, 2.05) is 24.3 Å². The van der Waals surface area contributed by atoms with Gasteiger partial charge >= 0.3 is 0 Å². The molecule has 0 saturated heterocycles. The summed E-state index contributed by atoms with van der Waals surface area (Å²) in [7, 11) is 0. The van der Waals surface area contributed by atoms with Gasteiger partial charge in [0.15, 0.2) is 0 Å². The van der Waals surface area contributed by atoms with Gasteiger partial charge in [-0.15, -0.1) is 0 Å². The number of hydrogen-bond acceptors (Lipinski definition) is 3. The highest BCUT2D eigenvalue weighted by Gasteiger charge is 2.16. The van der Waals surface area contributed by atoms with Gasteiger partial charge in [0.25, 0.3) is 0 Å². The Morgan fingerprint density at radius 2 is 1.76 bits per heavy atom. The predicted molar refractivity (Wildman–Crippen MR) is 69.2 cm³/mol. The van der Waals surface area contributed by atoms with Gasteiger partial charge in [0.05, 0.1) is 0 Å². The van der Waals surface area contributed by atoms with Crippen LogP contribution in [0.5, 0.6) is 11.5 Å². The zero-order valence-electron chi connectivity index (χ0n) is 9.44. The molecule has 17 heavy (non-hydrogen) atoms. The minimum absolute atomic E-state index is 0.639. The molecule has 0 aromatic heterocycles. The second kappa shape index (κ2) is 3.70. The first-order valence-corrected chi connectivity index (χ1v) is 5.67. The molecule has 1 aliphatic rings. The van der Waals surface area contributed by atoms with Crippen molar-refractivity contribution in [2.24, 2.45) is 0 Å². The number of anilines is 2. The van der Waals surface area contributed by atoms with Gasteiger partial charge in [-0.3, -0.25) is 0 Å². The molecule has 0 spiro atoms. The Kier molecular flexibility index (Phi) is 2.18. The lowest BCUT2D eigenvalue weighted by atomic mass is 10.0. The quantitative estimate of drug-likeness (QED) is 0.679. The number of para-hydroxylation sites is 1. The van der Waals surface area contributed by atoms with E-state index in [2.05, 4.69) is 6.07 Å². The highest BCUT2D eigenvalue weighted by Crippen LogP contribution is 2.37. The summed E-state index contributed by atoms with van der Waals surface area (Å²) in [5, 5.41) is 0. The monoisotopic (exact) mass is 226 g/mol. The van der Waals surface area contributed by atoms with Crippen LogP contribution in [0.1, 0.15) is 11.1 Å². The molecule has 3 nitrogen and oxygen atoms in total. The molecule has 1 heterocycles. The summed E-state index contributed by atoms with van der Waals surface area (Å²) in [5.41, 5.74) is 15.4. The fraction of sp³-hybridized carbons (Fsp3) is 0.143. The minimum atomic E-state index is 0.639. The summed E-state index contributed by atoms with van der Waals surface area (Å²) in [6.45, 7) is 0. The zero-order valence-corrected chi connectivity index (χ0v) is 9.44. The topological polar surface area (TPSA) is 61.3 Å². The van der Waals surface area contributed by atoms with Crippen molar-refractivity contribution in [3.8, 4) is 11.5 Å². The third-order valence-electron chi connectivity index (χ3n) is 3.10. The molecule has 0 fully saturated rings. The minimum Gasteiger partial charge on any atom is -0.457 e. The molecule has 2 aromatic rings. The molecule has 0 radical (unpaired) electrons. The number of nitrogen functional groups attached to an aromatic ring is 2. The van der Waals surface area contributed by atoms with Gasteiger partial charge in [0.1, 0.15) is 11.5 Å². The van der Waals surface area contributed by atoms with E-state index in [0.717, 1.165) is 29.9 Å². The van der Waals surface area contributed by atoms with Crippen LogP contribution in [0.25, 0.3) is 0 Å². The average Bonchev–Trinajstić information content (AvgIpc) is 2.47. The summed E-state index contributed by atoms with van der Waals surface area (Å²) in [4.78, 5) is 0. The lowest BCUT2D eigenvalue weighted by Gasteiger charge is -2.11. The van der Waals surface area contributed by atoms with E-state index in [4.69, 9.17) is 16.2 Å². The molecular formula is C14H14N2O. The lowest BCUT2D eigenvalue weighted by molar-refractivity contribution is 0.480. The molecule has 0 bridgehead atoms. The Morgan fingerprint density at radius 1 is 0.941 bits per heavy atom. The van der Waals surface area contributed by atoms with E-state index in [-0.39, 0.29) is 0 Å². The number of nitrogens with two attached hydrogens (primary N) is 2. The van der Waals surface area contributed by atoms with Crippen LogP contribution in [-0.2, 0) is 12.8 Å². The Bertz CT molecular complexity index is 578. The van der Waals surface area contributed by atoms with Crippen LogP contribution in [0.4, 0.5) is 11.4 Å². The maximum Gasteiger partial charge on any atom is 0.134 e. The van der Waals surface area contributed by atoms with Crippen LogP contribution in [-0.4, -0.2) is 0 Å². The van der Waals surface area contributed by atoms with Crippen molar-refractivity contribution in [1.82, 2.24) is 0 Å². The number of benzene rings is 2. The largest absolute Gasteiger partial charge is 0.457 e. The molecule has 2 aromatic carbocycles. The van der Waals surface area contributed by atoms with Crippen LogP contribution in [0.3, 0.4) is 0 Å². The van der Waals surface area contributed by atoms with E-state index >= 15 is 0 Å². The van der Waals surface area contributed by atoms with Crippen LogP contribution < -0.4 is 16.2 Å². The average molecular weight is 226 g/mol. The van der Waals surface area contributed by atoms with Gasteiger partial charge in [0.2, 0.25) is 0 Å². The standard InChI is InChI=1S/C14H14N2O/c15-10-7-12(16)11-6-5-9-3-1-2-4-13(9)17-14(11)8-10/h1-4,7-8H,5-6,15-16H2. The molecule has 86 valence electrons. The Labute approximate surface area is 100 Å². The third-order valence-corrected chi connectivity index (χ3v) is 3.10. The number of rotatable bonds is 0. The number of aryl methyl sites for hydroxylation is 1. The van der Waals surface area contributed by atoms with Crippen LogP contribution in [0.15, 0.2) is 36.4 Å². The van der Waals surface area contributed by atoms with Gasteiger partial charge in [-0.05, 0) is 30.5 Å². The van der Waals surface area contributed by atoms with Crippen LogP contribution >= 0.6 is 0 Å². The van der Waals surface area contributed by atoms with Crippen molar-refractivity contribution in [3.63, 3.8) is 0 Å². The molecule has 1 aliphatic heterocycles. The number of ether oxygens (including phenoxy) is 1. The highest BCUT2D eigenvalue weighted by atomic mass is 16.5. The van der Waals surface area contributed by atoms with Crippen molar-refractivity contribution in [1.29, 1.82) is 0 Å². The van der Waals surface area contributed by atoms with E-state index in [1.54, 1.807) is 6.07 Å². The van der Waals surface area contributed by atoms with Crippen molar-refractivity contribution in [2.75, 3.05) is 11.5 Å². The van der Waals surface area contributed by atoms with Crippen LogP contribution in [0.2, 0.25) is 0 Å². The first-order valence-electron chi connectivity index (χ1n) is 5.67. The van der Waals surface area contributed by atoms with Gasteiger partial charge in [-0.1, -0.05) is 18.2 Å². The summed E-state index contributed by atoms with van der Waals surface area (Å²) in [6, 6.07) is 11.7. The molecule has 0 atom stereocenters. The Morgan fingerprint density at radius 3 is 2.65 bits per heavy atom. The fourth-order valence-corrected chi connectivity index (χ4v) is 2.24. The van der Waals surface area contributed by atoms with Crippen molar-refractivity contribution < 1.29 is 4.74 Å². The van der Waals surface area contributed by atoms with Crippen molar-refractivity contribution in [2.45, 2.75) is 12.8 Å². The smallest absolute Gasteiger partial charge is 0.134 e. The van der Waals surface area contributed by atoms with Crippen molar-refractivity contribution in [3.05, 3.63) is 47.5 Å². The summed E-state index contributed by atoms with van der Waals surface area (Å²) < 4.78 is 5.90. The van der Waals surface area contributed by atoms with E-state index in [0.29, 0.717) is 11.4 Å². The first kappa shape index (κ1) is 10.0. The molecule has 3 rings (SSSR count). The molecule has 4 N–H and O–H groups in total. The molecule has 0 unspecified atom stereocenters. The van der Waals surface area contributed by atoms with E-state index in [9.17, 15) is 0 Å². The number of fused-ring (bicyclic) bond motifs is 2. The summed E-state index contributed by atoms with van der Waals surface area (Å²) in [5.74, 6) is 1.68. The molecule has 0 amide bonds. The zero-order chi connectivity index (χ0) is 11.8. The van der Waals surface area contributed by atoms with Gasteiger partial charge in [0, 0.05) is 23.0 Å². The Hall–Kier alpha value is -2.16. The first-order chi connectivity index (χ1) is 8.24. The molecule has 0 saturated carbocycles. The Balaban J connectivity index is 2.14. The SMILES string of the molecule is Nc1cc(N)c2c(c1)Oc1ccccc1CC2. The molecule has 0 aliphatic carbocycles. The normalized spacial score (nSPS) is 13.2. The van der Waals surface area contributed by atoms with Gasteiger partial charge < -0.3 is 16.2 Å². The fourth-order valence-electron chi connectivity index (χ4n) is 2.24. The predicted octanol–water partition coefficient (Wildman–Crippen LogP) is 2.74. The van der Waals surface area contributed by atoms with Crippen molar-refractivity contribution >= 4 is 11.4 Å². The number of hydrogen-bond donors (Lipinski definition) is 2.